The van der Waals surface area contributed by atoms with Gasteiger partial charge in [-0.1, -0.05) is 61.9 Å². The SMILES string of the molecule is CCCC1(C)CC(CCNCCc2ccccc2)c2ccccc2O1. The Bertz CT molecular complexity index is 654. The summed E-state index contributed by atoms with van der Waals surface area (Å²) in [6.07, 6.45) is 5.69. The van der Waals surface area contributed by atoms with Gasteiger partial charge in [0.25, 0.3) is 0 Å². The molecular weight excluding hydrogens is 306 g/mol. The zero-order chi connectivity index (χ0) is 17.5. The number of nitrogens with one attached hydrogen (secondary N) is 1. The lowest BCUT2D eigenvalue weighted by Gasteiger charge is -2.40. The topological polar surface area (TPSA) is 21.3 Å². The number of para-hydroxylation sites is 1. The first-order valence-corrected chi connectivity index (χ1v) is 9.73. The summed E-state index contributed by atoms with van der Waals surface area (Å²) in [5.41, 5.74) is 2.78. The number of rotatable bonds is 8. The molecule has 1 heterocycles. The van der Waals surface area contributed by atoms with E-state index in [4.69, 9.17) is 4.74 Å². The second kappa shape index (κ2) is 8.53. The van der Waals surface area contributed by atoms with Crippen LogP contribution in [-0.2, 0) is 6.42 Å². The van der Waals surface area contributed by atoms with Crippen LogP contribution in [-0.4, -0.2) is 18.7 Å². The van der Waals surface area contributed by atoms with Gasteiger partial charge in [0, 0.05) is 0 Å². The first-order valence-electron chi connectivity index (χ1n) is 9.73. The van der Waals surface area contributed by atoms with E-state index in [9.17, 15) is 0 Å². The molecule has 2 atom stereocenters. The van der Waals surface area contributed by atoms with Crippen molar-refractivity contribution in [3.8, 4) is 5.75 Å². The smallest absolute Gasteiger partial charge is 0.123 e. The molecule has 2 aromatic rings. The molecule has 0 aromatic heterocycles. The van der Waals surface area contributed by atoms with E-state index >= 15 is 0 Å². The Labute approximate surface area is 152 Å². The van der Waals surface area contributed by atoms with Gasteiger partial charge in [0.15, 0.2) is 0 Å². The van der Waals surface area contributed by atoms with E-state index < -0.39 is 0 Å². The molecule has 0 saturated carbocycles. The maximum Gasteiger partial charge on any atom is 0.123 e. The Hall–Kier alpha value is -1.80. The van der Waals surface area contributed by atoms with E-state index in [-0.39, 0.29) is 5.60 Å². The average Bonchev–Trinajstić information content (AvgIpc) is 2.62. The Kier molecular flexibility index (Phi) is 6.14. The summed E-state index contributed by atoms with van der Waals surface area (Å²) in [5, 5.41) is 3.63. The molecule has 0 aliphatic carbocycles. The molecule has 1 N–H and O–H groups in total. The van der Waals surface area contributed by atoms with Gasteiger partial charge >= 0.3 is 0 Å². The van der Waals surface area contributed by atoms with Gasteiger partial charge in [-0.25, -0.2) is 0 Å². The van der Waals surface area contributed by atoms with Gasteiger partial charge in [-0.15, -0.1) is 0 Å². The Morgan fingerprint density at radius 1 is 1.04 bits per heavy atom. The highest BCUT2D eigenvalue weighted by Gasteiger charge is 2.36. The Morgan fingerprint density at radius 3 is 2.60 bits per heavy atom. The Balaban J connectivity index is 1.54. The molecule has 0 amide bonds. The molecule has 1 aliphatic heterocycles. The van der Waals surface area contributed by atoms with Gasteiger partial charge in [-0.2, -0.15) is 0 Å². The van der Waals surface area contributed by atoms with Gasteiger partial charge < -0.3 is 10.1 Å². The predicted molar refractivity (Wildman–Crippen MR) is 105 cm³/mol. The van der Waals surface area contributed by atoms with Crippen molar-refractivity contribution in [1.82, 2.24) is 5.32 Å². The lowest BCUT2D eigenvalue weighted by atomic mass is 9.80. The second-order valence-corrected chi connectivity index (χ2v) is 7.52. The van der Waals surface area contributed by atoms with Crippen molar-refractivity contribution in [2.24, 2.45) is 0 Å². The van der Waals surface area contributed by atoms with Crippen molar-refractivity contribution in [3.63, 3.8) is 0 Å². The van der Waals surface area contributed by atoms with Crippen molar-refractivity contribution in [1.29, 1.82) is 0 Å². The summed E-state index contributed by atoms with van der Waals surface area (Å²) in [4.78, 5) is 0. The predicted octanol–water partition coefficient (Wildman–Crippen LogP) is 5.33. The van der Waals surface area contributed by atoms with Gasteiger partial charge in [-0.3, -0.25) is 0 Å². The summed E-state index contributed by atoms with van der Waals surface area (Å²) in [5.74, 6) is 1.68. The molecule has 2 nitrogen and oxygen atoms in total. The maximum absolute atomic E-state index is 6.35. The zero-order valence-corrected chi connectivity index (χ0v) is 15.6. The maximum atomic E-state index is 6.35. The molecule has 1 aliphatic rings. The summed E-state index contributed by atoms with van der Waals surface area (Å²) < 4.78 is 6.35. The third-order valence-electron chi connectivity index (χ3n) is 5.28. The minimum absolute atomic E-state index is 0.0161. The van der Waals surface area contributed by atoms with E-state index in [0.29, 0.717) is 5.92 Å². The monoisotopic (exact) mass is 337 g/mol. The van der Waals surface area contributed by atoms with Crippen molar-refractivity contribution in [2.45, 2.75) is 57.5 Å². The van der Waals surface area contributed by atoms with E-state index in [0.717, 1.165) is 38.1 Å². The number of hydrogen-bond acceptors (Lipinski definition) is 2. The van der Waals surface area contributed by atoms with Crippen LogP contribution in [0.2, 0.25) is 0 Å². The lowest BCUT2D eigenvalue weighted by Crippen LogP contribution is -2.38. The second-order valence-electron chi connectivity index (χ2n) is 7.52. The van der Waals surface area contributed by atoms with Crippen molar-refractivity contribution >= 4 is 0 Å². The highest BCUT2D eigenvalue weighted by molar-refractivity contribution is 5.39. The quantitative estimate of drug-likeness (QED) is 0.657. The fraction of sp³-hybridized carbons (Fsp3) is 0.478. The van der Waals surface area contributed by atoms with Crippen LogP contribution in [0.5, 0.6) is 5.75 Å². The zero-order valence-electron chi connectivity index (χ0n) is 15.6. The molecule has 2 unspecified atom stereocenters. The first-order chi connectivity index (χ1) is 12.2. The summed E-state index contributed by atoms with van der Waals surface area (Å²) in [6.45, 7) is 6.63. The van der Waals surface area contributed by atoms with Crippen LogP contribution in [0, 0.1) is 0 Å². The molecule has 0 saturated heterocycles. The highest BCUT2D eigenvalue weighted by atomic mass is 16.5. The van der Waals surface area contributed by atoms with Crippen LogP contribution in [0.3, 0.4) is 0 Å². The van der Waals surface area contributed by atoms with Crippen LogP contribution in [0.1, 0.15) is 56.6 Å². The molecule has 3 rings (SSSR count). The fourth-order valence-corrected chi connectivity index (χ4v) is 4.07. The summed E-state index contributed by atoms with van der Waals surface area (Å²) in [6, 6.07) is 19.3. The van der Waals surface area contributed by atoms with Crippen molar-refractivity contribution < 1.29 is 4.74 Å². The molecule has 134 valence electrons. The largest absolute Gasteiger partial charge is 0.487 e. The van der Waals surface area contributed by atoms with E-state index in [1.54, 1.807) is 0 Å². The van der Waals surface area contributed by atoms with Crippen molar-refractivity contribution in [3.05, 3.63) is 65.7 Å². The summed E-state index contributed by atoms with van der Waals surface area (Å²) >= 11 is 0. The number of hydrogen-bond donors (Lipinski definition) is 1. The molecule has 0 fully saturated rings. The lowest BCUT2D eigenvalue weighted by molar-refractivity contribution is 0.0429. The molecule has 2 aromatic carbocycles. The van der Waals surface area contributed by atoms with Crippen LogP contribution in [0.4, 0.5) is 0 Å². The third kappa shape index (κ3) is 4.85. The van der Waals surface area contributed by atoms with Crippen LogP contribution < -0.4 is 10.1 Å². The molecule has 0 bridgehead atoms. The van der Waals surface area contributed by atoms with E-state index in [1.165, 1.54) is 24.0 Å². The normalized spacial score (nSPS) is 22.2. The van der Waals surface area contributed by atoms with Gasteiger partial charge in [0.2, 0.25) is 0 Å². The Morgan fingerprint density at radius 2 is 1.80 bits per heavy atom. The highest BCUT2D eigenvalue weighted by Crippen LogP contribution is 2.43. The molecule has 25 heavy (non-hydrogen) atoms. The van der Waals surface area contributed by atoms with Gasteiger partial charge in [-0.05, 0) is 68.8 Å². The third-order valence-corrected chi connectivity index (χ3v) is 5.28. The van der Waals surface area contributed by atoms with Gasteiger partial charge in [0.05, 0.1) is 0 Å². The van der Waals surface area contributed by atoms with Crippen LogP contribution in [0.25, 0.3) is 0 Å². The molecular formula is C23H31NO. The van der Waals surface area contributed by atoms with Crippen LogP contribution in [0.15, 0.2) is 54.6 Å². The molecule has 0 radical (unpaired) electrons. The minimum atomic E-state index is -0.0161. The van der Waals surface area contributed by atoms with E-state index in [1.807, 2.05) is 0 Å². The minimum Gasteiger partial charge on any atom is -0.487 e. The van der Waals surface area contributed by atoms with E-state index in [2.05, 4.69) is 73.8 Å². The number of ether oxygens (including phenoxy) is 1. The van der Waals surface area contributed by atoms with Crippen molar-refractivity contribution in [2.75, 3.05) is 13.1 Å². The van der Waals surface area contributed by atoms with Crippen LogP contribution >= 0.6 is 0 Å². The number of fused-ring (bicyclic) bond motifs is 1. The van der Waals surface area contributed by atoms with Gasteiger partial charge in [0.1, 0.15) is 11.4 Å². The average molecular weight is 338 g/mol. The first kappa shape index (κ1) is 18.0. The molecule has 2 heteroatoms. The molecule has 0 spiro atoms. The standard InChI is InChI=1S/C23H31NO/c1-3-15-23(2)18-20(21-11-7-8-12-22(21)25-23)14-17-24-16-13-19-9-5-4-6-10-19/h4-12,20,24H,3,13-18H2,1-2H3. The number of benzene rings is 2. The summed E-state index contributed by atoms with van der Waals surface area (Å²) in [7, 11) is 0. The fourth-order valence-electron chi connectivity index (χ4n) is 4.07.